The number of hydrogen-bond donors (Lipinski definition) is 3. The largest absolute Gasteiger partial charge is 0.478 e. The van der Waals surface area contributed by atoms with Crippen LogP contribution in [0.1, 0.15) is 21.6 Å². The van der Waals surface area contributed by atoms with Gasteiger partial charge in [0.2, 0.25) is 0 Å². The van der Waals surface area contributed by atoms with E-state index in [1.54, 1.807) is 30.3 Å². The van der Waals surface area contributed by atoms with Gasteiger partial charge in [0.05, 0.1) is 23.7 Å². The maximum Gasteiger partial charge on any atom is 0.335 e. The van der Waals surface area contributed by atoms with Crippen LogP contribution in [0.4, 0.5) is 5.69 Å². The number of nitrogens with zero attached hydrogens (tertiary/aromatic N) is 1. The van der Waals surface area contributed by atoms with Crippen LogP contribution in [-0.2, 0) is 6.54 Å². The SMILES string of the molecule is N#Cc1ccc(NCc2cc3cc(C(=O)O)ccc3[nH]2)cc1. The van der Waals surface area contributed by atoms with Crippen LogP contribution in [0.5, 0.6) is 0 Å². The van der Waals surface area contributed by atoms with E-state index in [1.807, 2.05) is 18.2 Å². The zero-order valence-electron chi connectivity index (χ0n) is 11.6. The second-order valence-corrected chi connectivity index (χ2v) is 4.94. The second kappa shape index (κ2) is 5.62. The lowest BCUT2D eigenvalue weighted by atomic mass is 10.1. The van der Waals surface area contributed by atoms with E-state index in [0.29, 0.717) is 12.1 Å². The van der Waals surface area contributed by atoms with Gasteiger partial charge in [-0.25, -0.2) is 4.79 Å². The Hall–Kier alpha value is -3.26. The smallest absolute Gasteiger partial charge is 0.335 e. The van der Waals surface area contributed by atoms with Crippen LogP contribution in [0.3, 0.4) is 0 Å². The number of aromatic nitrogens is 1. The van der Waals surface area contributed by atoms with Gasteiger partial charge in [0, 0.05) is 22.3 Å². The maximum atomic E-state index is 11.0. The predicted octanol–water partition coefficient (Wildman–Crippen LogP) is 3.35. The first kappa shape index (κ1) is 13.7. The molecule has 1 heterocycles. The fourth-order valence-electron chi connectivity index (χ4n) is 2.28. The lowest BCUT2D eigenvalue weighted by molar-refractivity contribution is 0.0697. The van der Waals surface area contributed by atoms with Crippen LogP contribution >= 0.6 is 0 Å². The van der Waals surface area contributed by atoms with Gasteiger partial charge < -0.3 is 15.4 Å². The van der Waals surface area contributed by atoms with Crippen molar-refractivity contribution in [2.45, 2.75) is 6.54 Å². The average Bonchev–Trinajstić information content (AvgIpc) is 2.95. The molecule has 3 aromatic rings. The first-order valence-corrected chi connectivity index (χ1v) is 6.75. The van der Waals surface area contributed by atoms with Gasteiger partial charge in [0.15, 0.2) is 0 Å². The first-order valence-electron chi connectivity index (χ1n) is 6.75. The Morgan fingerprint density at radius 2 is 1.95 bits per heavy atom. The molecule has 3 N–H and O–H groups in total. The summed E-state index contributed by atoms with van der Waals surface area (Å²) in [5.41, 5.74) is 3.68. The number of anilines is 1. The lowest BCUT2D eigenvalue weighted by Crippen LogP contribution is -1.99. The number of nitrogens with one attached hydrogen (secondary N) is 2. The minimum absolute atomic E-state index is 0.276. The Morgan fingerprint density at radius 3 is 2.64 bits per heavy atom. The van der Waals surface area contributed by atoms with Crippen LogP contribution in [-0.4, -0.2) is 16.1 Å². The molecule has 0 saturated carbocycles. The van der Waals surface area contributed by atoms with E-state index in [-0.39, 0.29) is 5.56 Å². The van der Waals surface area contributed by atoms with E-state index in [1.165, 1.54) is 0 Å². The zero-order valence-corrected chi connectivity index (χ0v) is 11.6. The average molecular weight is 291 g/mol. The van der Waals surface area contributed by atoms with Gasteiger partial charge >= 0.3 is 5.97 Å². The van der Waals surface area contributed by atoms with Crippen molar-refractivity contribution in [1.29, 1.82) is 5.26 Å². The van der Waals surface area contributed by atoms with Crippen LogP contribution in [0.25, 0.3) is 10.9 Å². The number of fused-ring (bicyclic) bond motifs is 1. The molecule has 0 aliphatic rings. The Labute approximate surface area is 126 Å². The monoisotopic (exact) mass is 291 g/mol. The molecule has 0 aliphatic heterocycles. The highest BCUT2D eigenvalue weighted by Crippen LogP contribution is 2.18. The van der Waals surface area contributed by atoms with E-state index in [2.05, 4.69) is 16.4 Å². The molecule has 0 unspecified atom stereocenters. The van der Waals surface area contributed by atoms with Gasteiger partial charge in [-0.15, -0.1) is 0 Å². The molecule has 0 bridgehead atoms. The van der Waals surface area contributed by atoms with Crippen LogP contribution in [0, 0.1) is 11.3 Å². The number of benzene rings is 2. The summed E-state index contributed by atoms with van der Waals surface area (Å²) in [7, 11) is 0. The first-order chi connectivity index (χ1) is 10.7. The normalized spacial score (nSPS) is 10.3. The third-order valence-electron chi connectivity index (χ3n) is 3.42. The fourth-order valence-corrected chi connectivity index (χ4v) is 2.28. The van der Waals surface area contributed by atoms with Crippen molar-refractivity contribution in [3.63, 3.8) is 0 Å². The third kappa shape index (κ3) is 2.76. The molecule has 0 saturated heterocycles. The summed E-state index contributed by atoms with van der Waals surface area (Å²) >= 11 is 0. The predicted molar refractivity (Wildman–Crippen MR) is 83.7 cm³/mol. The molecular weight excluding hydrogens is 278 g/mol. The summed E-state index contributed by atoms with van der Waals surface area (Å²) < 4.78 is 0. The molecular formula is C17H13N3O2. The minimum atomic E-state index is -0.930. The van der Waals surface area contributed by atoms with Gasteiger partial charge in [-0.3, -0.25) is 0 Å². The molecule has 1 aromatic heterocycles. The van der Waals surface area contributed by atoms with Crippen molar-refractivity contribution < 1.29 is 9.90 Å². The summed E-state index contributed by atoms with van der Waals surface area (Å²) in [4.78, 5) is 14.2. The standard InChI is InChI=1S/C17H13N3O2/c18-9-11-1-4-14(5-2-11)19-10-15-8-13-7-12(17(21)22)3-6-16(13)20-15/h1-8,19-20H,10H2,(H,21,22). The van der Waals surface area contributed by atoms with Gasteiger partial charge in [0.1, 0.15) is 0 Å². The Bertz CT molecular complexity index is 873. The van der Waals surface area contributed by atoms with Gasteiger partial charge in [-0.05, 0) is 48.5 Å². The summed E-state index contributed by atoms with van der Waals surface area (Å²) in [5.74, 6) is -0.930. The minimum Gasteiger partial charge on any atom is -0.478 e. The fraction of sp³-hybridized carbons (Fsp3) is 0.0588. The van der Waals surface area contributed by atoms with Crippen molar-refractivity contribution in [2.75, 3.05) is 5.32 Å². The third-order valence-corrected chi connectivity index (χ3v) is 3.42. The van der Waals surface area contributed by atoms with Gasteiger partial charge in [-0.1, -0.05) is 0 Å². The van der Waals surface area contributed by atoms with Crippen molar-refractivity contribution in [1.82, 2.24) is 4.98 Å². The number of rotatable bonds is 4. The lowest BCUT2D eigenvalue weighted by Gasteiger charge is -2.04. The number of hydrogen-bond acceptors (Lipinski definition) is 3. The molecule has 5 nitrogen and oxygen atoms in total. The summed E-state index contributed by atoms with van der Waals surface area (Å²) in [5, 5.41) is 21.9. The van der Waals surface area contributed by atoms with E-state index < -0.39 is 5.97 Å². The molecule has 0 amide bonds. The van der Waals surface area contributed by atoms with Crippen molar-refractivity contribution in [2.24, 2.45) is 0 Å². The molecule has 0 aliphatic carbocycles. The van der Waals surface area contributed by atoms with Crippen LogP contribution in [0.15, 0.2) is 48.5 Å². The Morgan fingerprint density at radius 1 is 1.18 bits per heavy atom. The summed E-state index contributed by atoms with van der Waals surface area (Å²) in [6, 6.07) is 16.2. The molecule has 22 heavy (non-hydrogen) atoms. The molecule has 108 valence electrons. The number of aromatic carboxylic acids is 1. The molecule has 2 aromatic carbocycles. The van der Waals surface area contributed by atoms with E-state index in [0.717, 1.165) is 22.3 Å². The highest BCUT2D eigenvalue weighted by molar-refractivity contribution is 5.93. The van der Waals surface area contributed by atoms with E-state index >= 15 is 0 Å². The van der Waals surface area contributed by atoms with Gasteiger partial charge in [0.25, 0.3) is 0 Å². The Kier molecular flexibility index (Phi) is 3.50. The molecule has 3 rings (SSSR count). The number of H-pyrrole nitrogens is 1. The highest BCUT2D eigenvalue weighted by Gasteiger charge is 2.06. The topological polar surface area (TPSA) is 88.9 Å². The summed E-state index contributed by atoms with van der Waals surface area (Å²) in [6.45, 7) is 0.586. The van der Waals surface area contributed by atoms with Crippen LogP contribution < -0.4 is 5.32 Å². The van der Waals surface area contributed by atoms with Crippen molar-refractivity contribution in [3.8, 4) is 6.07 Å². The number of nitriles is 1. The quantitative estimate of drug-likeness (QED) is 0.687. The molecule has 0 radical (unpaired) electrons. The van der Waals surface area contributed by atoms with Crippen molar-refractivity contribution in [3.05, 3.63) is 65.4 Å². The molecule has 0 spiro atoms. The molecule has 5 heteroatoms. The van der Waals surface area contributed by atoms with Crippen molar-refractivity contribution >= 4 is 22.6 Å². The maximum absolute atomic E-state index is 11.0. The van der Waals surface area contributed by atoms with Gasteiger partial charge in [-0.2, -0.15) is 5.26 Å². The molecule has 0 atom stereocenters. The molecule has 0 fully saturated rings. The van der Waals surface area contributed by atoms with Crippen LogP contribution in [0.2, 0.25) is 0 Å². The van der Waals surface area contributed by atoms with E-state index in [9.17, 15) is 4.79 Å². The number of carbonyl (C=O) groups is 1. The highest BCUT2D eigenvalue weighted by atomic mass is 16.4. The second-order valence-electron chi connectivity index (χ2n) is 4.94. The summed E-state index contributed by atoms with van der Waals surface area (Å²) in [6.07, 6.45) is 0. The number of carboxylic acids is 1. The van der Waals surface area contributed by atoms with E-state index in [4.69, 9.17) is 10.4 Å². The number of carboxylic acid groups (broad SMARTS) is 1. The number of aromatic amines is 1. The zero-order chi connectivity index (χ0) is 15.5. The Balaban J connectivity index is 1.76.